The second-order valence-corrected chi connectivity index (χ2v) is 2.96. The van der Waals surface area contributed by atoms with Gasteiger partial charge in [0.1, 0.15) is 0 Å². The summed E-state index contributed by atoms with van der Waals surface area (Å²) in [5, 5.41) is 0. The number of aryl methyl sites for hydroxylation is 1. The number of halogens is 1. The average molecular weight is 221 g/mol. The molecule has 1 heterocycles. The van der Waals surface area contributed by atoms with E-state index in [0.717, 1.165) is 0 Å². The highest BCUT2D eigenvalue weighted by Gasteiger charge is 1.95. The van der Waals surface area contributed by atoms with E-state index in [-0.39, 0.29) is 5.56 Å². The van der Waals surface area contributed by atoms with E-state index >= 15 is 0 Å². The van der Waals surface area contributed by atoms with E-state index in [1.807, 2.05) is 0 Å². The van der Waals surface area contributed by atoms with Crippen molar-refractivity contribution < 1.29 is 0 Å². The number of nitrogens with one attached hydrogen (secondary N) is 1. The molecule has 1 N–H and O–H groups in total. The zero-order valence-electron chi connectivity index (χ0n) is 5.22. The van der Waals surface area contributed by atoms with Crippen LogP contribution in [0.2, 0.25) is 0 Å². The lowest BCUT2D eigenvalue weighted by Crippen LogP contribution is -2.16. The predicted octanol–water partition coefficient (Wildman–Crippen LogP) is 1.37. The van der Waals surface area contributed by atoms with Crippen molar-refractivity contribution in [2.75, 3.05) is 0 Å². The van der Waals surface area contributed by atoms with Gasteiger partial charge in [0.05, 0.1) is 16.1 Å². The highest BCUT2D eigenvalue weighted by atomic mass is 79.9. The van der Waals surface area contributed by atoms with Gasteiger partial charge in [-0.3, -0.25) is 4.79 Å². The summed E-state index contributed by atoms with van der Waals surface area (Å²) in [6, 6.07) is 0. The van der Waals surface area contributed by atoms with Crippen molar-refractivity contribution in [3.8, 4) is 0 Å². The van der Waals surface area contributed by atoms with E-state index in [2.05, 4.69) is 21.1 Å². The molecule has 0 spiro atoms. The summed E-state index contributed by atoms with van der Waals surface area (Å²) in [7, 11) is 0. The fraction of sp³-hybridized carbons (Fsp3) is 0.200. The van der Waals surface area contributed by atoms with Crippen molar-refractivity contribution in [3.05, 3.63) is 26.9 Å². The molecule has 0 bridgehead atoms. The fourth-order valence-electron chi connectivity index (χ4n) is 0.535. The third kappa shape index (κ3) is 1.19. The minimum absolute atomic E-state index is 0.122. The first-order chi connectivity index (χ1) is 4.63. The van der Waals surface area contributed by atoms with Crippen LogP contribution in [0.15, 0.2) is 11.0 Å². The molecule has 3 nitrogen and oxygen atoms in total. The normalized spacial score (nSPS) is 9.80. The third-order valence-electron chi connectivity index (χ3n) is 1.11. The van der Waals surface area contributed by atoms with Crippen molar-refractivity contribution >= 4 is 28.4 Å². The Balaban J connectivity index is 3.66. The van der Waals surface area contributed by atoms with Crippen molar-refractivity contribution in [3.63, 3.8) is 0 Å². The van der Waals surface area contributed by atoms with Crippen molar-refractivity contribution in [1.82, 2.24) is 8.58 Å². The maximum absolute atomic E-state index is 11.0. The highest BCUT2D eigenvalue weighted by molar-refractivity contribution is 9.08. The summed E-state index contributed by atoms with van der Waals surface area (Å²) >= 11 is 7.76. The van der Waals surface area contributed by atoms with Crippen LogP contribution in [0, 0.1) is 11.7 Å². The monoisotopic (exact) mass is 220 g/mol. The van der Waals surface area contributed by atoms with Gasteiger partial charge in [-0.1, -0.05) is 0 Å². The lowest BCUT2D eigenvalue weighted by Gasteiger charge is -1.94. The summed E-state index contributed by atoms with van der Waals surface area (Å²) in [6.45, 7) is 1.71. The molecule has 0 atom stereocenters. The molecular formula is C5H5BrN2OS. The summed E-state index contributed by atoms with van der Waals surface area (Å²) in [6.07, 6.45) is 1.59. The molecule has 0 aliphatic carbocycles. The topological polar surface area (TPSA) is 37.8 Å². The maximum atomic E-state index is 11.0. The molecule has 10 heavy (non-hydrogen) atoms. The van der Waals surface area contributed by atoms with Crippen LogP contribution in [-0.4, -0.2) is 8.58 Å². The van der Waals surface area contributed by atoms with E-state index < -0.39 is 0 Å². The fourth-order valence-corrected chi connectivity index (χ4v) is 1.06. The van der Waals surface area contributed by atoms with Gasteiger partial charge in [-0.15, -0.1) is 0 Å². The molecule has 0 amide bonds. The molecule has 0 unspecified atom stereocenters. The first-order valence-corrected chi connectivity index (χ1v) is 3.72. The zero-order valence-corrected chi connectivity index (χ0v) is 7.62. The van der Waals surface area contributed by atoms with Crippen LogP contribution in [-0.2, 0) is 0 Å². The van der Waals surface area contributed by atoms with Gasteiger partial charge in [-0.25, -0.2) is 3.59 Å². The molecule has 54 valence electrons. The van der Waals surface area contributed by atoms with Crippen LogP contribution >= 0.6 is 28.4 Å². The minimum Gasteiger partial charge on any atom is -0.338 e. The number of H-pyrrole nitrogens is 1. The van der Waals surface area contributed by atoms with Crippen LogP contribution in [0.4, 0.5) is 0 Å². The SMILES string of the molecule is Cc1c[nH]c(=S)n(Br)c1=O. The lowest BCUT2D eigenvalue weighted by atomic mass is 10.4. The lowest BCUT2D eigenvalue weighted by molar-refractivity contribution is 1.01. The molecular weight excluding hydrogens is 216 g/mol. The molecule has 5 heteroatoms. The molecule has 0 saturated heterocycles. The zero-order chi connectivity index (χ0) is 7.72. The van der Waals surface area contributed by atoms with E-state index in [9.17, 15) is 4.79 Å². The number of rotatable bonds is 0. The Hall–Kier alpha value is -0.420. The Morgan fingerprint density at radius 1 is 1.80 bits per heavy atom. The molecule has 0 aromatic carbocycles. The molecule has 0 aliphatic heterocycles. The molecule has 1 rings (SSSR count). The number of aromatic amines is 1. The van der Waals surface area contributed by atoms with E-state index in [1.165, 1.54) is 3.59 Å². The molecule has 0 aliphatic rings. The van der Waals surface area contributed by atoms with Crippen LogP contribution in [0.3, 0.4) is 0 Å². The van der Waals surface area contributed by atoms with Crippen LogP contribution in [0.1, 0.15) is 5.56 Å². The number of aromatic nitrogens is 2. The first kappa shape index (κ1) is 7.68. The van der Waals surface area contributed by atoms with E-state index in [4.69, 9.17) is 12.2 Å². The molecule has 0 fully saturated rings. The molecule has 1 aromatic rings. The second kappa shape index (κ2) is 2.67. The third-order valence-corrected chi connectivity index (χ3v) is 2.32. The molecule has 1 aromatic heterocycles. The highest BCUT2D eigenvalue weighted by Crippen LogP contribution is 1.91. The largest absolute Gasteiger partial charge is 0.338 e. The van der Waals surface area contributed by atoms with E-state index in [1.54, 1.807) is 13.1 Å². The number of hydrogen-bond donors (Lipinski definition) is 1. The summed E-state index contributed by atoms with van der Waals surface area (Å²) in [5.41, 5.74) is 0.509. The summed E-state index contributed by atoms with van der Waals surface area (Å²) < 4.78 is 1.59. The average Bonchev–Trinajstić information content (AvgIpc) is 1.93. The van der Waals surface area contributed by atoms with Gasteiger partial charge in [-0.2, -0.15) is 0 Å². The maximum Gasteiger partial charge on any atom is 0.267 e. The van der Waals surface area contributed by atoms with Crippen LogP contribution < -0.4 is 5.56 Å². The Bertz CT molecular complexity index is 353. The van der Waals surface area contributed by atoms with Gasteiger partial charge in [0.25, 0.3) is 5.56 Å². The Morgan fingerprint density at radius 3 is 2.90 bits per heavy atom. The number of nitrogens with zero attached hydrogens (tertiary/aromatic N) is 1. The number of hydrogen-bond acceptors (Lipinski definition) is 2. The van der Waals surface area contributed by atoms with E-state index in [0.29, 0.717) is 10.3 Å². The summed E-state index contributed by atoms with van der Waals surface area (Å²) in [5.74, 6) is 0. The standard InChI is InChI=1S/C5H5BrN2OS/c1-3-2-7-5(10)8(6)4(3)9/h2H,1H3,(H,7,10). The van der Waals surface area contributed by atoms with Gasteiger partial charge in [0, 0.05) is 11.8 Å². The molecule has 0 saturated carbocycles. The van der Waals surface area contributed by atoms with Crippen LogP contribution in [0.5, 0.6) is 0 Å². The predicted molar refractivity (Wildman–Crippen MR) is 44.9 cm³/mol. The van der Waals surface area contributed by atoms with Gasteiger partial charge < -0.3 is 4.98 Å². The van der Waals surface area contributed by atoms with Crippen molar-refractivity contribution in [2.45, 2.75) is 6.92 Å². The second-order valence-electron chi connectivity index (χ2n) is 1.86. The first-order valence-electron chi connectivity index (χ1n) is 2.60. The Kier molecular flexibility index (Phi) is 2.05. The van der Waals surface area contributed by atoms with Crippen molar-refractivity contribution in [2.24, 2.45) is 0 Å². The van der Waals surface area contributed by atoms with Crippen molar-refractivity contribution in [1.29, 1.82) is 0 Å². The van der Waals surface area contributed by atoms with Gasteiger partial charge in [0.2, 0.25) is 0 Å². The Labute approximate surface area is 71.0 Å². The summed E-state index contributed by atoms with van der Waals surface area (Å²) in [4.78, 5) is 13.8. The van der Waals surface area contributed by atoms with Gasteiger partial charge in [0.15, 0.2) is 4.77 Å². The molecule has 0 radical (unpaired) electrons. The Morgan fingerprint density at radius 2 is 2.40 bits per heavy atom. The van der Waals surface area contributed by atoms with Gasteiger partial charge >= 0.3 is 0 Å². The quantitative estimate of drug-likeness (QED) is 0.672. The minimum atomic E-state index is -0.122. The van der Waals surface area contributed by atoms with Gasteiger partial charge in [-0.05, 0) is 19.1 Å². The smallest absolute Gasteiger partial charge is 0.267 e. The van der Waals surface area contributed by atoms with Crippen LogP contribution in [0.25, 0.3) is 0 Å².